The minimum atomic E-state index is -1.83. The van der Waals surface area contributed by atoms with Crippen LogP contribution in [0.1, 0.15) is 0 Å². The largest absolute Gasteiger partial charge is 0.440 e. The molecule has 0 aliphatic heterocycles. The molecule has 0 saturated heterocycles. The lowest BCUT2D eigenvalue weighted by atomic mass is 10.1. The molecule has 82 valence electrons. The van der Waals surface area contributed by atoms with Crippen LogP contribution >= 0.6 is 12.3 Å². The summed E-state index contributed by atoms with van der Waals surface area (Å²) in [6.07, 6.45) is -6.50. The highest BCUT2D eigenvalue weighted by molar-refractivity contribution is 7.88. The summed E-state index contributed by atoms with van der Waals surface area (Å²) >= 11 is -0.173. The Labute approximate surface area is 86.1 Å². The van der Waals surface area contributed by atoms with Gasteiger partial charge >= 0.3 is 0 Å². The lowest BCUT2D eigenvalue weighted by molar-refractivity contribution is -0.161. The fourth-order valence-electron chi connectivity index (χ4n) is 0.721. The average molecular weight is 226 g/mol. The first-order chi connectivity index (χ1) is 6.58. The van der Waals surface area contributed by atoms with E-state index in [-0.39, 0.29) is 12.3 Å². The smallest absolute Gasteiger partial charge is 0.283 e. The maximum atomic E-state index is 9.23. The Morgan fingerprint density at radius 3 is 2.14 bits per heavy atom. The molecule has 0 saturated carbocycles. The van der Waals surface area contributed by atoms with Gasteiger partial charge in [0, 0.05) is 0 Å². The average Bonchev–Trinajstić information content (AvgIpc) is 2.18. The predicted octanol–water partition coefficient (Wildman–Crippen LogP) is -2.37. The summed E-state index contributed by atoms with van der Waals surface area (Å²) in [7, 11) is 4.69. The van der Waals surface area contributed by atoms with Crippen LogP contribution in [-0.4, -0.2) is 64.2 Å². The van der Waals surface area contributed by atoms with E-state index in [4.69, 9.17) is 19.9 Å². The van der Waals surface area contributed by atoms with Gasteiger partial charge in [-0.3, -0.25) is 4.18 Å². The number of aliphatic hydroxyl groups is 4. The fourth-order valence-corrected chi connectivity index (χ4v) is 0.923. The van der Waals surface area contributed by atoms with Crippen LogP contribution in [-0.2, 0) is 8.84 Å². The topological polar surface area (TPSA) is 120 Å². The van der Waals surface area contributed by atoms with Crippen LogP contribution in [0, 0.1) is 0 Å². The molecular weight excluding hydrogens is 215 g/mol. The molecule has 2 radical (unpaired) electrons. The van der Waals surface area contributed by atoms with Gasteiger partial charge in [0.05, 0.1) is 12.7 Å². The number of aliphatic hydroxyl groups excluding tert-OH is 4. The molecule has 0 amide bonds. The van der Waals surface area contributed by atoms with Crippen molar-refractivity contribution in [1.82, 2.24) is 0 Å². The minimum absolute atomic E-state index is 0.173. The van der Waals surface area contributed by atoms with E-state index in [0.29, 0.717) is 0 Å². The van der Waals surface area contributed by atoms with Crippen LogP contribution in [0.4, 0.5) is 0 Å². The van der Waals surface area contributed by atoms with Crippen molar-refractivity contribution in [3.05, 3.63) is 0 Å². The quantitative estimate of drug-likeness (QED) is 0.185. The molecule has 5 N–H and O–H groups in total. The Morgan fingerprint density at radius 2 is 1.79 bits per heavy atom. The molecule has 0 heterocycles. The molecule has 0 fully saturated rings. The second-order valence-corrected chi connectivity index (χ2v) is 2.74. The highest BCUT2D eigenvalue weighted by Crippen LogP contribution is 2.11. The van der Waals surface area contributed by atoms with E-state index in [1.807, 2.05) is 0 Å². The summed E-state index contributed by atoms with van der Waals surface area (Å²) in [5.74, 6) is 0. The van der Waals surface area contributed by atoms with Crippen molar-refractivity contribution in [2.75, 3.05) is 6.61 Å². The third kappa shape index (κ3) is 4.11. The SMILES string of the molecule is [B]OC(CO)C(O)C(O)C(O)OSO. The zero-order valence-corrected chi connectivity index (χ0v) is 7.87. The van der Waals surface area contributed by atoms with E-state index in [0.717, 1.165) is 0 Å². The maximum Gasteiger partial charge on any atom is 0.283 e. The van der Waals surface area contributed by atoms with Gasteiger partial charge in [-0.25, -0.2) is 0 Å². The molecule has 9 heteroatoms. The zero-order valence-electron chi connectivity index (χ0n) is 7.05. The lowest BCUT2D eigenvalue weighted by Crippen LogP contribution is -2.47. The molecular formula is C5H11BO7S. The Kier molecular flexibility index (Phi) is 7.50. The number of hydrogen-bond donors (Lipinski definition) is 5. The summed E-state index contributed by atoms with van der Waals surface area (Å²) in [5.41, 5.74) is 0. The minimum Gasteiger partial charge on any atom is -0.440 e. The summed E-state index contributed by atoms with van der Waals surface area (Å²) < 4.78 is 16.4. The van der Waals surface area contributed by atoms with Gasteiger partial charge in [-0.1, -0.05) is 0 Å². The van der Waals surface area contributed by atoms with Gasteiger partial charge in [-0.15, -0.1) is 0 Å². The fraction of sp³-hybridized carbons (Fsp3) is 1.00. The summed E-state index contributed by atoms with van der Waals surface area (Å²) in [5, 5.41) is 35.9. The van der Waals surface area contributed by atoms with Crippen molar-refractivity contribution in [3.8, 4) is 0 Å². The molecule has 4 unspecified atom stereocenters. The Balaban J connectivity index is 4.13. The first-order valence-corrected chi connectivity index (χ1v) is 4.25. The molecule has 0 spiro atoms. The first-order valence-electron chi connectivity index (χ1n) is 3.56. The third-order valence-corrected chi connectivity index (χ3v) is 1.80. The van der Waals surface area contributed by atoms with E-state index in [1.54, 1.807) is 0 Å². The molecule has 0 aliphatic rings. The molecule has 0 bridgehead atoms. The van der Waals surface area contributed by atoms with Crippen LogP contribution < -0.4 is 0 Å². The van der Waals surface area contributed by atoms with E-state index in [1.165, 1.54) is 0 Å². The molecule has 14 heavy (non-hydrogen) atoms. The Morgan fingerprint density at radius 1 is 1.21 bits per heavy atom. The molecule has 7 nitrogen and oxygen atoms in total. The van der Waals surface area contributed by atoms with Gasteiger partial charge in [-0.05, 0) is 0 Å². The van der Waals surface area contributed by atoms with Crippen molar-refractivity contribution in [2.24, 2.45) is 0 Å². The molecule has 0 rings (SSSR count). The van der Waals surface area contributed by atoms with Crippen LogP contribution in [0.5, 0.6) is 0 Å². The lowest BCUT2D eigenvalue weighted by Gasteiger charge is -2.26. The van der Waals surface area contributed by atoms with Gasteiger partial charge in [-0.2, -0.15) is 0 Å². The van der Waals surface area contributed by atoms with Gasteiger partial charge in [0.25, 0.3) is 8.05 Å². The maximum absolute atomic E-state index is 9.23. The van der Waals surface area contributed by atoms with Crippen LogP contribution in [0.2, 0.25) is 0 Å². The van der Waals surface area contributed by atoms with Crippen molar-refractivity contribution >= 4 is 20.4 Å². The third-order valence-electron chi connectivity index (χ3n) is 1.52. The van der Waals surface area contributed by atoms with E-state index in [2.05, 4.69) is 16.9 Å². The van der Waals surface area contributed by atoms with E-state index in [9.17, 15) is 5.11 Å². The normalized spacial score (nSPS) is 20.1. The second kappa shape index (κ2) is 7.43. The van der Waals surface area contributed by atoms with Crippen LogP contribution in [0.25, 0.3) is 0 Å². The Bertz CT molecular complexity index is 146. The summed E-state index contributed by atoms with van der Waals surface area (Å²) in [6.45, 7) is -0.645. The number of rotatable bonds is 7. The van der Waals surface area contributed by atoms with Crippen molar-refractivity contribution in [1.29, 1.82) is 0 Å². The molecule has 0 aromatic heterocycles. The zero-order chi connectivity index (χ0) is 11.1. The highest BCUT2D eigenvalue weighted by atomic mass is 32.2. The van der Waals surface area contributed by atoms with Crippen molar-refractivity contribution in [3.63, 3.8) is 0 Å². The summed E-state index contributed by atoms with van der Waals surface area (Å²) in [4.78, 5) is 0. The van der Waals surface area contributed by atoms with E-state index >= 15 is 0 Å². The van der Waals surface area contributed by atoms with Gasteiger partial charge in [0.1, 0.15) is 12.2 Å². The Hall–Kier alpha value is 0.135. The molecule has 0 aromatic rings. The molecule has 0 aliphatic carbocycles. The molecule has 4 atom stereocenters. The monoisotopic (exact) mass is 226 g/mol. The van der Waals surface area contributed by atoms with Gasteiger partial charge < -0.3 is 29.6 Å². The first kappa shape index (κ1) is 14.1. The standard InChI is InChI=1S/C5H11BO7S/c6-12-2(1-7)3(8)4(9)5(10)13-14-11/h2-5,7-11H,1H2. The summed E-state index contributed by atoms with van der Waals surface area (Å²) in [6, 6.07) is 0. The predicted molar refractivity (Wildman–Crippen MR) is 47.0 cm³/mol. The molecule has 0 aromatic carbocycles. The number of hydrogen-bond acceptors (Lipinski definition) is 8. The second-order valence-electron chi connectivity index (χ2n) is 2.40. The van der Waals surface area contributed by atoms with Crippen molar-refractivity contribution < 1.29 is 33.8 Å². The van der Waals surface area contributed by atoms with Crippen LogP contribution in [0.15, 0.2) is 0 Å². The van der Waals surface area contributed by atoms with Crippen LogP contribution in [0.3, 0.4) is 0 Å². The van der Waals surface area contributed by atoms with Gasteiger partial charge in [0.15, 0.2) is 18.6 Å². The van der Waals surface area contributed by atoms with E-state index < -0.39 is 31.2 Å². The van der Waals surface area contributed by atoms with Gasteiger partial charge in [0.2, 0.25) is 0 Å². The van der Waals surface area contributed by atoms with Crippen molar-refractivity contribution in [2.45, 2.75) is 24.6 Å². The highest BCUT2D eigenvalue weighted by Gasteiger charge is 2.31.